The van der Waals surface area contributed by atoms with Crippen molar-refractivity contribution in [2.75, 3.05) is 24.2 Å². The van der Waals surface area contributed by atoms with E-state index in [0.29, 0.717) is 11.0 Å². The van der Waals surface area contributed by atoms with Gasteiger partial charge in [-0.05, 0) is 12.8 Å². The second kappa shape index (κ2) is 9.26. The van der Waals surface area contributed by atoms with Gasteiger partial charge in [0.1, 0.15) is 0 Å². The molecule has 0 aromatic heterocycles. The van der Waals surface area contributed by atoms with Crippen LogP contribution in [0.1, 0.15) is 25.7 Å². The minimum absolute atomic E-state index is 0.127. The van der Waals surface area contributed by atoms with E-state index in [0.717, 1.165) is 19.3 Å². The number of carboxylic acid groups (broad SMARTS) is 3. The van der Waals surface area contributed by atoms with Gasteiger partial charge in [-0.15, -0.1) is 0 Å². The summed E-state index contributed by atoms with van der Waals surface area (Å²) in [4.78, 5) is 36.2. The summed E-state index contributed by atoms with van der Waals surface area (Å²) in [5, 5.41) is 27.0. The third-order valence-corrected chi connectivity index (χ3v) is 4.68. The highest BCUT2D eigenvalue weighted by Crippen LogP contribution is 2.27. The van der Waals surface area contributed by atoms with Crippen LogP contribution in [-0.4, -0.2) is 79.3 Å². The molecule has 22 heavy (non-hydrogen) atoms. The predicted octanol–water partition coefficient (Wildman–Crippen LogP) is 0.548. The van der Waals surface area contributed by atoms with Gasteiger partial charge in [0, 0.05) is 12.1 Å². The minimum atomic E-state index is -1.08. The molecule has 1 saturated carbocycles. The molecule has 0 spiro atoms. The quantitative estimate of drug-likeness (QED) is 0.277. The fourth-order valence-electron chi connectivity index (χ4n) is 3.00. The highest BCUT2D eigenvalue weighted by Gasteiger charge is 2.36. The number of alkyl halides is 1. The number of nitrogens with zero attached hydrogens (tertiary/aromatic N) is 2. The largest absolute Gasteiger partial charge is 0.480 e. The molecule has 8 nitrogen and oxygen atoms in total. The summed E-state index contributed by atoms with van der Waals surface area (Å²) < 4.78 is 0.499. The highest BCUT2D eigenvalue weighted by molar-refractivity contribution is 14.1. The van der Waals surface area contributed by atoms with Gasteiger partial charge in [-0.25, -0.2) is 0 Å². The number of halogens is 1. The van der Waals surface area contributed by atoms with E-state index in [-0.39, 0.29) is 31.7 Å². The lowest BCUT2D eigenvalue weighted by Gasteiger charge is -2.43. The van der Waals surface area contributed by atoms with Crippen LogP contribution in [0.15, 0.2) is 0 Å². The van der Waals surface area contributed by atoms with Crippen LogP contribution in [0.2, 0.25) is 0 Å². The first-order valence-electron chi connectivity index (χ1n) is 7.04. The van der Waals surface area contributed by atoms with Crippen LogP contribution in [-0.2, 0) is 14.4 Å². The SMILES string of the molecule is O=C(O)CN(CI)C1CCCCC1N(CC(=O)O)CC(=O)O. The number of carbonyl (C=O) groups is 3. The average molecular weight is 428 g/mol. The first-order valence-corrected chi connectivity index (χ1v) is 8.57. The molecule has 0 heterocycles. The Hall–Kier alpha value is -0.940. The predicted molar refractivity (Wildman–Crippen MR) is 86.1 cm³/mol. The van der Waals surface area contributed by atoms with Crippen LogP contribution in [0.5, 0.6) is 0 Å². The molecule has 0 aliphatic heterocycles. The van der Waals surface area contributed by atoms with Gasteiger partial charge in [0.25, 0.3) is 0 Å². The summed E-state index contributed by atoms with van der Waals surface area (Å²) in [6.07, 6.45) is 3.25. The number of hydrogen-bond donors (Lipinski definition) is 3. The molecule has 0 bridgehead atoms. The molecule has 3 N–H and O–H groups in total. The Balaban J connectivity index is 2.93. The van der Waals surface area contributed by atoms with Crippen molar-refractivity contribution in [2.24, 2.45) is 0 Å². The van der Waals surface area contributed by atoms with E-state index >= 15 is 0 Å². The first kappa shape index (κ1) is 19.1. The van der Waals surface area contributed by atoms with Crippen LogP contribution >= 0.6 is 22.6 Å². The Morgan fingerprint density at radius 1 is 0.818 bits per heavy atom. The standard InChI is InChI=1S/C13H21IN2O6/c14-8-16(7-13(21)22)10-4-2-1-3-9(10)15(5-11(17)18)6-12(19)20/h9-10H,1-8H2,(H,17,18)(H,19,20)(H,21,22). The second-order valence-corrected chi connectivity index (χ2v) is 6.05. The zero-order chi connectivity index (χ0) is 16.7. The van der Waals surface area contributed by atoms with Crippen molar-refractivity contribution >= 4 is 40.5 Å². The molecule has 0 saturated heterocycles. The molecule has 0 radical (unpaired) electrons. The van der Waals surface area contributed by atoms with Gasteiger partial charge >= 0.3 is 17.9 Å². The molecule has 0 amide bonds. The van der Waals surface area contributed by atoms with Gasteiger partial charge in [-0.1, -0.05) is 35.4 Å². The third-order valence-electron chi connectivity index (χ3n) is 3.80. The van der Waals surface area contributed by atoms with Crippen molar-refractivity contribution in [3.63, 3.8) is 0 Å². The fraction of sp³-hybridized carbons (Fsp3) is 0.769. The van der Waals surface area contributed by atoms with Crippen LogP contribution in [0, 0.1) is 0 Å². The monoisotopic (exact) mass is 428 g/mol. The fourth-order valence-corrected chi connectivity index (χ4v) is 3.75. The summed E-state index contributed by atoms with van der Waals surface area (Å²) in [5.41, 5.74) is 0. The van der Waals surface area contributed by atoms with Crippen molar-refractivity contribution in [1.29, 1.82) is 0 Å². The Bertz CT molecular complexity index is 403. The average Bonchev–Trinajstić information content (AvgIpc) is 2.43. The van der Waals surface area contributed by atoms with Gasteiger partial charge < -0.3 is 15.3 Å². The molecule has 0 aromatic rings. The van der Waals surface area contributed by atoms with Gasteiger partial charge in [0.15, 0.2) is 0 Å². The molecule has 0 aromatic carbocycles. The number of hydrogen-bond acceptors (Lipinski definition) is 5. The summed E-state index contributed by atoms with van der Waals surface area (Å²) in [6, 6.07) is -0.393. The molecule has 2 atom stereocenters. The zero-order valence-electron chi connectivity index (χ0n) is 12.2. The molecule has 1 aliphatic rings. The minimum Gasteiger partial charge on any atom is -0.480 e. The van der Waals surface area contributed by atoms with E-state index in [9.17, 15) is 14.4 Å². The van der Waals surface area contributed by atoms with Gasteiger partial charge in [0.05, 0.1) is 24.2 Å². The van der Waals surface area contributed by atoms with Gasteiger partial charge in [0.2, 0.25) is 0 Å². The lowest BCUT2D eigenvalue weighted by molar-refractivity contribution is -0.145. The maximum atomic E-state index is 11.0. The lowest BCUT2D eigenvalue weighted by atomic mass is 9.88. The van der Waals surface area contributed by atoms with Gasteiger partial charge in [-0.3, -0.25) is 24.2 Å². The van der Waals surface area contributed by atoms with E-state index in [4.69, 9.17) is 15.3 Å². The van der Waals surface area contributed by atoms with Gasteiger partial charge in [-0.2, -0.15) is 0 Å². The number of rotatable bonds is 9. The molecular formula is C13H21IN2O6. The maximum Gasteiger partial charge on any atom is 0.317 e. The summed E-state index contributed by atoms with van der Waals surface area (Å²) >= 11 is 2.08. The Morgan fingerprint density at radius 2 is 1.18 bits per heavy atom. The van der Waals surface area contributed by atoms with Crippen molar-refractivity contribution in [1.82, 2.24) is 9.80 Å². The Labute approximate surface area is 142 Å². The lowest BCUT2D eigenvalue weighted by Crippen LogP contribution is -2.56. The maximum absolute atomic E-state index is 11.0. The Kier molecular flexibility index (Phi) is 8.04. The van der Waals surface area contributed by atoms with E-state index < -0.39 is 17.9 Å². The Morgan fingerprint density at radius 3 is 1.55 bits per heavy atom. The van der Waals surface area contributed by atoms with E-state index in [1.807, 2.05) is 0 Å². The van der Waals surface area contributed by atoms with Crippen LogP contribution < -0.4 is 0 Å². The van der Waals surface area contributed by atoms with Crippen LogP contribution in [0.25, 0.3) is 0 Å². The highest BCUT2D eigenvalue weighted by atomic mass is 127. The normalized spacial score (nSPS) is 22.0. The smallest absolute Gasteiger partial charge is 0.317 e. The summed E-state index contributed by atoms with van der Waals surface area (Å²) in [5.74, 6) is -3.10. The van der Waals surface area contributed by atoms with E-state index in [2.05, 4.69) is 22.6 Å². The summed E-state index contributed by atoms with van der Waals surface area (Å²) in [6.45, 7) is -0.830. The van der Waals surface area contributed by atoms with Crippen LogP contribution in [0.3, 0.4) is 0 Å². The molecule has 1 fully saturated rings. The first-order chi connectivity index (χ1) is 10.3. The topological polar surface area (TPSA) is 118 Å². The van der Waals surface area contributed by atoms with Crippen LogP contribution in [0.4, 0.5) is 0 Å². The van der Waals surface area contributed by atoms with Crippen molar-refractivity contribution in [3.05, 3.63) is 0 Å². The number of aliphatic carboxylic acids is 3. The van der Waals surface area contributed by atoms with Crippen molar-refractivity contribution in [3.8, 4) is 0 Å². The molecular weight excluding hydrogens is 407 g/mol. The van der Waals surface area contributed by atoms with Crippen molar-refractivity contribution in [2.45, 2.75) is 37.8 Å². The molecule has 126 valence electrons. The molecule has 2 unspecified atom stereocenters. The molecule has 1 rings (SSSR count). The molecule has 1 aliphatic carbocycles. The van der Waals surface area contributed by atoms with Crippen molar-refractivity contribution < 1.29 is 29.7 Å². The second-order valence-electron chi connectivity index (χ2n) is 5.37. The third kappa shape index (κ3) is 6.05. The van der Waals surface area contributed by atoms with E-state index in [1.165, 1.54) is 4.90 Å². The molecule has 9 heteroatoms. The zero-order valence-corrected chi connectivity index (χ0v) is 14.3. The number of carboxylic acids is 3. The van der Waals surface area contributed by atoms with E-state index in [1.54, 1.807) is 4.90 Å². The summed E-state index contributed by atoms with van der Waals surface area (Å²) in [7, 11) is 0.